The van der Waals surface area contributed by atoms with Crippen molar-refractivity contribution >= 4 is 35.1 Å². The van der Waals surface area contributed by atoms with Crippen LogP contribution in [0, 0.1) is 0 Å². The second kappa shape index (κ2) is 18.8. The Bertz CT molecular complexity index is 1020. The summed E-state index contributed by atoms with van der Waals surface area (Å²) in [6.45, 7) is 2.87. The van der Waals surface area contributed by atoms with Gasteiger partial charge in [-0.2, -0.15) is 0 Å². The summed E-state index contributed by atoms with van der Waals surface area (Å²) in [7, 11) is 0. The van der Waals surface area contributed by atoms with Crippen molar-refractivity contribution in [1.82, 2.24) is 5.32 Å². The van der Waals surface area contributed by atoms with Crippen LogP contribution in [0.3, 0.4) is 0 Å². The molecule has 2 aromatic rings. The third-order valence-corrected chi connectivity index (χ3v) is 6.50. The predicted molar refractivity (Wildman–Crippen MR) is 156 cm³/mol. The number of nitrogens with one attached hydrogen (secondary N) is 2. The third-order valence-electron chi connectivity index (χ3n) is 6.50. The number of anilines is 1. The van der Waals surface area contributed by atoms with Crippen LogP contribution < -0.4 is 10.6 Å². The van der Waals surface area contributed by atoms with Crippen molar-refractivity contribution in [1.29, 1.82) is 0 Å². The Kier molecular flexibility index (Phi) is 15.2. The van der Waals surface area contributed by atoms with Crippen LogP contribution in [-0.4, -0.2) is 29.4 Å². The molecule has 0 fully saturated rings. The molecule has 0 aliphatic rings. The molecule has 0 bridgehead atoms. The Morgan fingerprint density at radius 1 is 0.737 bits per heavy atom. The lowest BCUT2D eigenvalue weighted by molar-refractivity contribution is -0.138. The van der Waals surface area contributed by atoms with Crippen LogP contribution in [-0.2, 0) is 14.4 Å². The lowest BCUT2D eigenvalue weighted by Gasteiger charge is -2.12. The van der Waals surface area contributed by atoms with E-state index in [0.29, 0.717) is 23.4 Å². The number of hydrogen-bond acceptors (Lipinski definition) is 3. The molecule has 206 valence electrons. The number of amides is 2. The normalized spacial score (nSPS) is 11.2. The van der Waals surface area contributed by atoms with E-state index < -0.39 is 5.97 Å². The number of aliphatic carboxylic acids is 1. The van der Waals surface area contributed by atoms with E-state index in [-0.39, 0.29) is 24.7 Å². The van der Waals surface area contributed by atoms with E-state index in [2.05, 4.69) is 17.6 Å². The highest BCUT2D eigenvalue weighted by atomic mass is 16.4. The number of carbonyl (C=O) groups excluding carboxylic acids is 2. The Hall–Kier alpha value is -3.41. The quantitative estimate of drug-likeness (QED) is 0.102. The van der Waals surface area contributed by atoms with Crippen LogP contribution in [0.1, 0.15) is 102 Å². The summed E-state index contributed by atoms with van der Waals surface area (Å²) < 4.78 is 0. The molecule has 3 N–H and O–H groups in total. The highest BCUT2D eigenvalue weighted by molar-refractivity contribution is 6.24. The van der Waals surface area contributed by atoms with Gasteiger partial charge in [-0.15, -0.1) is 0 Å². The van der Waals surface area contributed by atoms with E-state index in [1.807, 2.05) is 42.5 Å². The molecule has 0 atom stereocenters. The van der Waals surface area contributed by atoms with E-state index in [9.17, 15) is 14.4 Å². The standard InChI is InChI=1S/C32H44N2O4/c1-2-3-4-5-6-7-8-9-10-11-17-24-33-32(38)28(26-18-13-12-14-19-26)25-27-20-15-16-21-29(27)34-30(35)22-23-31(36)37/h12-16,18-21,25H,2-11,17,22-24H2,1H3,(H,33,38)(H,34,35)(H,36,37). The molecule has 0 aliphatic carbocycles. The van der Waals surface area contributed by atoms with Crippen molar-refractivity contribution < 1.29 is 19.5 Å². The molecule has 0 radical (unpaired) electrons. The number of carbonyl (C=O) groups is 3. The Morgan fingerprint density at radius 2 is 1.32 bits per heavy atom. The molecule has 38 heavy (non-hydrogen) atoms. The van der Waals surface area contributed by atoms with Crippen molar-refractivity contribution in [3.8, 4) is 0 Å². The van der Waals surface area contributed by atoms with Gasteiger partial charge in [-0.25, -0.2) is 0 Å². The monoisotopic (exact) mass is 520 g/mol. The third kappa shape index (κ3) is 12.7. The fraction of sp³-hybridized carbons (Fsp3) is 0.469. The van der Waals surface area contributed by atoms with E-state index >= 15 is 0 Å². The van der Waals surface area contributed by atoms with Crippen LogP contribution in [0.5, 0.6) is 0 Å². The molecule has 0 heterocycles. The molecule has 2 aromatic carbocycles. The van der Waals surface area contributed by atoms with Crippen molar-refractivity contribution in [2.75, 3.05) is 11.9 Å². The first-order valence-electron chi connectivity index (χ1n) is 14.2. The Labute approximate surface area is 227 Å². The number of unbranched alkanes of at least 4 members (excludes halogenated alkanes) is 10. The average Bonchev–Trinajstić information content (AvgIpc) is 2.92. The summed E-state index contributed by atoms with van der Waals surface area (Å²) in [5.74, 6) is -1.56. The number of carboxylic acids is 1. The van der Waals surface area contributed by atoms with Gasteiger partial charge in [0.25, 0.3) is 5.91 Å². The molecule has 6 heteroatoms. The zero-order valence-electron chi connectivity index (χ0n) is 22.8. The maximum absolute atomic E-state index is 13.2. The first-order valence-corrected chi connectivity index (χ1v) is 14.2. The molecule has 0 spiro atoms. The molecule has 0 aromatic heterocycles. The van der Waals surface area contributed by atoms with Gasteiger partial charge in [-0.3, -0.25) is 14.4 Å². The molecule has 0 aliphatic heterocycles. The summed E-state index contributed by atoms with van der Waals surface area (Å²) in [6.07, 6.45) is 15.3. The van der Waals surface area contributed by atoms with Crippen LogP contribution in [0.15, 0.2) is 54.6 Å². The molecule has 0 saturated heterocycles. The Morgan fingerprint density at radius 3 is 1.95 bits per heavy atom. The van der Waals surface area contributed by atoms with Crippen LogP contribution in [0.4, 0.5) is 5.69 Å². The van der Waals surface area contributed by atoms with Gasteiger partial charge in [0, 0.05) is 24.2 Å². The van der Waals surface area contributed by atoms with Crippen molar-refractivity contribution in [3.63, 3.8) is 0 Å². The average molecular weight is 521 g/mol. The lowest BCUT2D eigenvalue weighted by atomic mass is 10.0. The van der Waals surface area contributed by atoms with Crippen LogP contribution >= 0.6 is 0 Å². The maximum Gasteiger partial charge on any atom is 0.303 e. The van der Waals surface area contributed by atoms with Gasteiger partial charge in [0.15, 0.2) is 0 Å². The SMILES string of the molecule is CCCCCCCCCCCCCNC(=O)C(=Cc1ccccc1NC(=O)CCC(=O)O)c1ccccc1. The zero-order chi connectivity index (χ0) is 27.4. The zero-order valence-corrected chi connectivity index (χ0v) is 22.8. The minimum Gasteiger partial charge on any atom is -0.481 e. The largest absolute Gasteiger partial charge is 0.481 e. The molecule has 2 amide bonds. The number of rotatable bonds is 19. The molecular formula is C32H44N2O4. The summed E-state index contributed by atoms with van der Waals surface area (Å²) in [4.78, 5) is 36.2. The molecule has 0 saturated carbocycles. The van der Waals surface area contributed by atoms with Crippen molar-refractivity contribution in [2.24, 2.45) is 0 Å². The summed E-state index contributed by atoms with van der Waals surface area (Å²) in [5.41, 5.74) is 2.52. The summed E-state index contributed by atoms with van der Waals surface area (Å²) in [5, 5.41) is 14.7. The second-order valence-electron chi connectivity index (χ2n) is 9.74. The molecule has 0 unspecified atom stereocenters. The minimum absolute atomic E-state index is 0.113. The van der Waals surface area contributed by atoms with Crippen LogP contribution in [0.2, 0.25) is 0 Å². The van der Waals surface area contributed by atoms with Gasteiger partial charge in [-0.05, 0) is 29.7 Å². The van der Waals surface area contributed by atoms with Crippen molar-refractivity contribution in [2.45, 2.75) is 90.4 Å². The number of para-hydroxylation sites is 1. The number of carboxylic acid groups (broad SMARTS) is 1. The predicted octanol–water partition coefficient (Wildman–Crippen LogP) is 7.46. The van der Waals surface area contributed by atoms with E-state index in [1.54, 1.807) is 18.2 Å². The molecule has 6 nitrogen and oxygen atoms in total. The van der Waals surface area contributed by atoms with E-state index in [4.69, 9.17) is 5.11 Å². The van der Waals surface area contributed by atoms with Gasteiger partial charge in [-0.1, -0.05) is 120 Å². The van der Waals surface area contributed by atoms with Crippen molar-refractivity contribution in [3.05, 3.63) is 65.7 Å². The fourth-order valence-corrected chi connectivity index (χ4v) is 4.31. The highest BCUT2D eigenvalue weighted by Gasteiger charge is 2.14. The van der Waals surface area contributed by atoms with Gasteiger partial charge >= 0.3 is 5.97 Å². The lowest BCUT2D eigenvalue weighted by Crippen LogP contribution is -2.25. The summed E-state index contributed by atoms with van der Waals surface area (Å²) in [6, 6.07) is 16.7. The smallest absolute Gasteiger partial charge is 0.303 e. The van der Waals surface area contributed by atoms with Gasteiger partial charge in [0.1, 0.15) is 0 Å². The van der Waals surface area contributed by atoms with Gasteiger partial charge in [0.05, 0.1) is 6.42 Å². The highest BCUT2D eigenvalue weighted by Crippen LogP contribution is 2.24. The summed E-state index contributed by atoms with van der Waals surface area (Å²) >= 11 is 0. The number of benzene rings is 2. The van der Waals surface area contributed by atoms with E-state index in [0.717, 1.165) is 18.4 Å². The van der Waals surface area contributed by atoms with E-state index in [1.165, 1.54) is 57.8 Å². The van der Waals surface area contributed by atoms with Crippen LogP contribution in [0.25, 0.3) is 11.6 Å². The number of hydrogen-bond donors (Lipinski definition) is 3. The first-order chi connectivity index (χ1) is 18.5. The molecular weight excluding hydrogens is 476 g/mol. The maximum atomic E-state index is 13.2. The van der Waals surface area contributed by atoms with Gasteiger partial charge < -0.3 is 15.7 Å². The minimum atomic E-state index is -1.02. The second-order valence-corrected chi connectivity index (χ2v) is 9.74. The van der Waals surface area contributed by atoms with Gasteiger partial charge in [0.2, 0.25) is 5.91 Å². The topological polar surface area (TPSA) is 95.5 Å². The Balaban J connectivity index is 1.91. The first kappa shape index (κ1) is 30.8. The fourth-order valence-electron chi connectivity index (χ4n) is 4.31. The molecule has 2 rings (SSSR count).